The molecule has 0 radical (unpaired) electrons. The molecular weight excluding hydrogens is 276 g/mol. The molecule has 0 aliphatic rings. The molecule has 6 heteroatoms. The lowest BCUT2D eigenvalue weighted by atomic mass is 10.2. The molecule has 1 heterocycles. The van der Waals surface area contributed by atoms with Crippen LogP contribution in [0.5, 0.6) is 11.6 Å². The Labute approximate surface area is 121 Å². The third kappa shape index (κ3) is 3.48. The Morgan fingerprint density at radius 3 is 2.65 bits per heavy atom. The number of benzene rings is 1. The third-order valence-electron chi connectivity index (χ3n) is 2.60. The van der Waals surface area contributed by atoms with Gasteiger partial charge in [0.25, 0.3) is 0 Å². The summed E-state index contributed by atoms with van der Waals surface area (Å²) >= 11 is 1.39. The zero-order valence-electron chi connectivity index (χ0n) is 11.2. The van der Waals surface area contributed by atoms with Crippen LogP contribution in [-0.2, 0) is 6.61 Å². The fourth-order valence-electron chi connectivity index (χ4n) is 1.53. The maximum Gasteiger partial charge on any atom is 0.228 e. The molecule has 0 aliphatic carbocycles. The number of aldehydes is 1. The van der Waals surface area contributed by atoms with Crippen LogP contribution in [0.1, 0.15) is 15.9 Å². The number of hydrogen-bond acceptors (Lipinski definition) is 6. The molecule has 104 valence electrons. The van der Waals surface area contributed by atoms with Gasteiger partial charge in [-0.15, -0.1) is 0 Å². The van der Waals surface area contributed by atoms with Crippen LogP contribution in [0.4, 0.5) is 0 Å². The van der Waals surface area contributed by atoms with Crippen molar-refractivity contribution in [2.75, 3.05) is 13.4 Å². The fraction of sp³-hybridized carbons (Fsp3) is 0.214. The number of carbonyl (C=O) groups is 1. The normalized spacial score (nSPS) is 10.1. The molecule has 0 saturated heterocycles. The lowest BCUT2D eigenvalue weighted by Gasteiger charge is -2.08. The summed E-state index contributed by atoms with van der Waals surface area (Å²) in [7, 11) is 1.62. The Hall–Kier alpha value is -2.08. The van der Waals surface area contributed by atoms with Crippen molar-refractivity contribution in [2.45, 2.75) is 11.8 Å². The highest BCUT2D eigenvalue weighted by Gasteiger charge is 2.08. The van der Waals surface area contributed by atoms with Gasteiger partial charge in [0.15, 0.2) is 11.4 Å². The van der Waals surface area contributed by atoms with Crippen LogP contribution in [-0.4, -0.2) is 29.6 Å². The second-order valence-electron chi connectivity index (χ2n) is 3.87. The minimum absolute atomic E-state index is 0.301. The zero-order valence-corrected chi connectivity index (χ0v) is 12.0. The smallest absolute Gasteiger partial charge is 0.228 e. The summed E-state index contributed by atoms with van der Waals surface area (Å²) in [5.74, 6) is 1.09. The fourth-order valence-corrected chi connectivity index (χ4v) is 1.86. The van der Waals surface area contributed by atoms with Crippen molar-refractivity contribution in [2.24, 2.45) is 0 Å². The van der Waals surface area contributed by atoms with Gasteiger partial charge in [0.1, 0.15) is 12.4 Å². The zero-order chi connectivity index (χ0) is 14.4. The van der Waals surface area contributed by atoms with Crippen molar-refractivity contribution in [3.05, 3.63) is 41.6 Å². The van der Waals surface area contributed by atoms with Crippen LogP contribution >= 0.6 is 11.8 Å². The maximum absolute atomic E-state index is 10.9. The van der Waals surface area contributed by atoms with Crippen LogP contribution < -0.4 is 9.47 Å². The van der Waals surface area contributed by atoms with E-state index in [1.807, 2.05) is 30.5 Å². The van der Waals surface area contributed by atoms with Crippen molar-refractivity contribution in [1.82, 2.24) is 9.97 Å². The first kappa shape index (κ1) is 14.3. The van der Waals surface area contributed by atoms with Crippen LogP contribution in [0.2, 0.25) is 0 Å². The van der Waals surface area contributed by atoms with Crippen molar-refractivity contribution in [3.8, 4) is 11.6 Å². The summed E-state index contributed by atoms with van der Waals surface area (Å²) in [5, 5.41) is 0.570. The number of hydrogen-bond donors (Lipinski definition) is 0. The van der Waals surface area contributed by atoms with Gasteiger partial charge in [-0.05, 0) is 24.0 Å². The highest BCUT2D eigenvalue weighted by molar-refractivity contribution is 7.98. The van der Waals surface area contributed by atoms with E-state index in [9.17, 15) is 4.79 Å². The first-order valence-corrected chi connectivity index (χ1v) is 7.11. The monoisotopic (exact) mass is 290 g/mol. The van der Waals surface area contributed by atoms with E-state index in [2.05, 4.69) is 9.97 Å². The van der Waals surface area contributed by atoms with Crippen molar-refractivity contribution >= 4 is 18.0 Å². The second kappa shape index (κ2) is 6.91. The molecule has 0 spiro atoms. The predicted octanol–water partition coefficient (Wildman–Crippen LogP) is 2.60. The first-order chi connectivity index (χ1) is 9.76. The molecule has 5 nitrogen and oxygen atoms in total. The minimum atomic E-state index is 0.301. The first-order valence-electron chi connectivity index (χ1n) is 5.88. The number of ether oxygens (including phenoxy) is 2. The van der Waals surface area contributed by atoms with Crippen LogP contribution in [0.3, 0.4) is 0 Å². The molecule has 0 atom stereocenters. The summed E-state index contributed by atoms with van der Waals surface area (Å²) in [6, 6.07) is 7.51. The predicted molar refractivity (Wildman–Crippen MR) is 76.5 cm³/mol. The maximum atomic E-state index is 10.9. The molecule has 0 fully saturated rings. The van der Waals surface area contributed by atoms with E-state index in [1.165, 1.54) is 18.0 Å². The highest BCUT2D eigenvalue weighted by Crippen LogP contribution is 2.19. The van der Waals surface area contributed by atoms with Gasteiger partial charge in [0.05, 0.1) is 12.7 Å². The van der Waals surface area contributed by atoms with Crippen molar-refractivity contribution in [1.29, 1.82) is 0 Å². The lowest BCUT2D eigenvalue weighted by Crippen LogP contribution is -2.02. The Morgan fingerprint density at radius 1 is 1.30 bits per heavy atom. The average Bonchev–Trinajstić information content (AvgIpc) is 2.53. The molecule has 0 unspecified atom stereocenters. The SMILES string of the molecule is COc1ccc(COc2nc(SC)ncc2C=O)cc1. The molecule has 0 aliphatic heterocycles. The standard InChI is InChI=1S/C14H14N2O3S/c1-18-12-5-3-10(4-6-12)9-19-13-11(8-17)7-15-14(16-13)20-2/h3-8H,9H2,1-2H3. The lowest BCUT2D eigenvalue weighted by molar-refractivity contribution is 0.111. The van der Waals surface area contributed by atoms with Crippen LogP contribution in [0, 0.1) is 0 Å². The van der Waals surface area contributed by atoms with Gasteiger partial charge in [0.2, 0.25) is 5.88 Å². The second-order valence-corrected chi connectivity index (χ2v) is 4.65. The Morgan fingerprint density at radius 2 is 2.05 bits per heavy atom. The van der Waals surface area contributed by atoms with Crippen molar-refractivity contribution < 1.29 is 14.3 Å². The van der Waals surface area contributed by atoms with Gasteiger partial charge in [-0.2, -0.15) is 4.98 Å². The van der Waals surface area contributed by atoms with Gasteiger partial charge >= 0.3 is 0 Å². The van der Waals surface area contributed by atoms with Crippen molar-refractivity contribution in [3.63, 3.8) is 0 Å². The van der Waals surface area contributed by atoms with E-state index in [1.54, 1.807) is 7.11 Å². The summed E-state index contributed by atoms with van der Waals surface area (Å²) < 4.78 is 10.7. The van der Waals surface area contributed by atoms with E-state index in [0.717, 1.165) is 11.3 Å². The molecule has 0 bridgehead atoms. The molecule has 0 amide bonds. The minimum Gasteiger partial charge on any atom is -0.497 e. The number of thioether (sulfide) groups is 1. The number of rotatable bonds is 6. The Balaban J connectivity index is 2.10. The van der Waals surface area contributed by atoms with E-state index in [-0.39, 0.29) is 0 Å². The Kier molecular flexibility index (Phi) is 4.95. The summed E-state index contributed by atoms with van der Waals surface area (Å²) in [6.45, 7) is 0.329. The van der Waals surface area contributed by atoms with E-state index >= 15 is 0 Å². The topological polar surface area (TPSA) is 61.3 Å². The molecular formula is C14H14N2O3S. The average molecular weight is 290 g/mol. The van der Waals surface area contributed by atoms with Crippen LogP contribution in [0.15, 0.2) is 35.6 Å². The highest BCUT2D eigenvalue weighted by atomic mass is 32.2. The largest absolute Gasteiger partial charge is 0.497 e. The number of nitrogens with zero attached hydrogens (tertiary/aromatic N) is 2. The molecule has 2 aromatic rings. The molecule has 20 heavy (non-hydrogen) atoms. The summed E-state index contributed by atoms with van der Waals surface area (Å²) in [4.78, 5) is 19.2. The van der Waals surface area contributed by atoms with Gasteiger partial charge in [-0.1, -0.05) is 23.9 Å². The van der Waals surface area contributed by atoms with Gasteiger partial charge < -0.3 is 9.47 Å². The molecule has 1 aromatic heterocycles. The van der Waals surface area contributed by atoms with Gasteiger partial charge in [-0.3, -0.25) is 4.79 Å². The quantitative estimate of drug-likeness (QED) is 0.463. The molecule has 1 aromatic carbocycles. The molecule has 0 N–H and O–H groups in total. The molecule has 0 saturated carbocycles. The summed E-state index contributed by atoms with van der Waals surface area (Å²) in [5.41, 5.74) is 1.31. The van der Waals surface area contributed by atoms with E-state index in [4.69, 9.17) is 9.47 Å². The van der Waals surface area contributed by atoms with E-state index < -0.39 is 0 Å². The van der Waals surface area contributed by atoms with E-state index in [0.29, 0.717) is 29.5 Å². The van der Waals surface area contributed by atoms with Gasteiger partial charge in [0, 0.05) is 6.20 Å². The Bertz CT molecular complexity index is 587. The van der Waals surface area contributed by atoms with Gasteiger partial charge in [-0.25, -0.2) is 4.98 Å². The number of aromatic nitrogens is 2. The molecule has 2 rings (SSSR count). The van der Waals surface area contributed by atoms with Crippen LogP contribution in [0.25, 0.3) is 0 Å². The number of methoxy groups -OCH3 is 1. The third-order valence-corrected chi connectivity index (χ3v) is 3.16. The summed E-state index contributed by atoms with van der Waals surface area (Å²) in [6.07, 6.45) is 4.02. The number of carbonyl (C=O) groups excluding carboxylic acids is 1.